The van der Waals surface area contributed by atoms with Gasteiger partial charge in [0.2, 0.25) is 0 Å². The largest absolute Gasteiger partial charge is 0.465 e. The standard InChI is InChI=1S/C17H22N2O3S/c1-12-5-10-23-16(12)17(20)18-11-14(15-4-3-13(2)22-15)19-6-8-21-9-7-19/h3-5,10,14H,6-9,11H2,1-2H3,(H,18,20). The molecule has 1 aliphatic rings. The molecule has 0 radical (unpaired) electrons. The maximum Gasteiger partial charge on any atom is 0.261 e. The molecule has 1 amide bonds. The van der Waals surface area contributed by atoms with Crippen molar-refractivity contribution in [3.05, 3.63) is 45.5 Å². The van der Waals surface area contributed by atoms with Gasteiger partial charge in [-0.3, -0.25) is 9.69 Å². The van der Waals surface area contributed by atoms with Gasteiger partial charge in [0, 0.05) is 19.6 Å². The van der Waals surface area contributed by atoms with Crippen molar-refractivity contribution in [3.63, 3.8) is 0 Å². The molecule has 1 N–H and O–H groups in total. The van der Waals surface area contributed by atoms with E-state index in [9.17, 15) is 4.79 Å². The Bertz CT molecular complexity index is 658. The van der Waals surface area contributed by atoms with E-state index in [4.69, 9.17) is 9.15 Å². The Hall–Kier alpha value is -1.63. The molecule has 0 aromatic carbocycles. The summed E-state index contributed by atoms with van der Waals surface area (Å²) in [6.07, 6.45) is 0. The van der Waals surface area contributed by atoms with Crippen LogP contribution >= 0.6 is 11.3 Å². The fraction of sp³-hybridized carbons (Fsp3) is 0.471. The molecule has 0 aliphatic carbocycles. The molecule has 1 fully saturated rings. The Morgan fingerprint density at radius 3 is 2.70 bits per heavy atom. The van der Waals surface area contributed by atoms with Gasteiger partial charge in [0.15, 0.2) is 0 Å². The van der Waals surface area contributed by atoms with Gasteiger partial charge in [-0.05, 0) is 43.0 Å². The maximum absolute atomic E-state index is 12.4. The smallest absolute Gasteiger partial charge is 0.261 e. The number of amides is 1. The number of nitrogens with zero attached hydrogens (tertiary/aromatic N) is 1. The highest BCUT2D eigenvalue weighted by Gasteiger charge is 2.26. The first-order valence-corrected chi connectivity index (χ1v) is 8.73. The predicted molar refractivity (Wildman–Crippen MR) is 90.0 cm³/mol. The first-order chi connectivity index (χ1) is 11.1. The molecule has 2 aromatic rings. The zero-order chi connectivity index (χ0) is 16.2. The first-order valence-electron chi connectivity index (χ1n) is 7.85. The summed E-state index contributed by atoms with van der Waals surface area (Å²) in [4.78, 5) is 15.5. The van der Waals surface area contributed by atoms with Crippen molar-refractivity contribution < 1.29 is 13.9 Å². The van der Waals surface area contributed by atoms with Crippen LogP contribution in [0, 0.1) is 13.8 Å². The summed E-state index contributed by atoms with van der Waals surface area (Å²) in [5.41, 5.74) is 1.02. The summed E-state index contributed by atoms with van der Waals surface area (Å²) in [5.74, 6) is 1.77. The van der Waals surface area contributed by atoms with Gasteiger partial charge in [-0.25, -0.2) is 0 Å². The lowest BCUT2D eigenvalue weighted by Crippen LogP contribution is -2.43. The third-order valence-electron chi connectivity index (χ3n) is 4.10. The molecule has 0 saturated carbocycles. The van der Waals surface area contributed by atoms with Crippen LogP contribution in [0.25, 0.3) is 0 Å². The number of carbonyl (C=O) groups excluding carboxylic acids is 1. The Kier molecular flexibility index (Phi) is 5.15. The van der Waals surface area contributed by atoms with Gasteiger partial charge in [0.1, 0.15) is 11.5 Å². The number of thiophene rings is 1. The zero-order valence-corrected chi connectivity index (χ0v) is 14.3. The predicted octanol–water partition coefficient (Wildman–Crippen LogP) is 2.76. The average molecular weight is 334 g/mol. The molecule has 124 valence electrons. The number of rotatable bonds is 5. The highest BCUT2D eigenvalue weighted by Crippen LogP contribution is 2.24. The molecule has 0 spiro atoms. The quantitative estimate of drug-likeness (QED) is 0.913. The van der Waals surface area contributed by atoms with E-state index in [-0.39, 0.29) is 11.9 Å². The third kappa shape index (κ3) is 3.83. The van der Waals surface area contributed by atoms with Crippen LogP contribution in [0.5, 0.6) is 0 Å². The highest BCUT2D eigenvalue weighted by atomic mass is 32.1. The third-order valence-corrected chi connectivity index (χ3v) is 5.12. The van der Waals surface area contributed by atoms with Crippen LogP contribution in [0.15, 0.2) is 28.0 Å². The number of carbonyl (C=O) groups is 1. The maximum atomic E-state index is 12.4. The van der Waals surface area contributed by atoms with Crippen LogP contribution in [0.3, 0.4) is 0 Å². The summed E-state index contributed by atoms with van der Waals surface area (Å²) < 4.78 is 11.2. The fourth-order valence-corrected chi connectivity index (χ4v) is 3.65. The van der Waals surface area contributed by atoms with E-state index >= 15 is 0 Å². The van der Waals surface area contributed by atoms with Crippen LogP contribution in [-0.2, 0) is 4.74 Å². The summed E-state index contributed by atoms with van der Waals surface area (Å²) in [6.45, 7) is 7.55. The fourth-order valence-electron chi connectivity index (χ4n) is 2.81. The van der Waals surface area contributed by atoms with Crippen LogP contribution in [0.4, 0.5) is 0 Å². The molecule has 1 unspecified atom stereocenters. The molecule has 6 heteroatoms. The van der Waals surface area contributed by atoms with E-state index in [0.29, 0.717) is 19.8 Å². The SMILES string of the molecule is Cc1ccc(C(CNC(=O)c2sccc2C)N2CCOCC2)o1. The van der Waals surface area contributed by atoms with Crippen LogP contribution in [-0.4, -0.2) is 43.7 Å². The number of furan rings is 1. The van der Waals surface area contributed by atoms with Gasteiger partial charge >= 0.3 is 0 Å². The lowest BCUT2D eigenvalue weighted by molar-refractivity contribution is 0.0117. The molecule has 1 saturated heterocycles. The van der Waals surface area contributed by atoms with Gasteiger partial charge in [0.05, 0.1) is 24.1 Å². The van der Waals surface area contributed by atoms with Crippen molar-refractivity contribution in [2.75, 3.05) is 32.8 Å². The monoisotopic (exact) mass is 334 g/mol. The number of hydrogen-bond acceptors (Lipinski definition) is 5. The van der Waals surface area contributed by atoms with Crippen molar-refractivity contribution in [2.45, 2.75) is 19.9 Å². The molecule has 3 rings (SSSR count). The van der Waals surface area contributed by atoms with Gasteiger partial charge in [-0.15, -0.1) is 11.3 Å². The Morgan fingerprint density at radius 1 is 1.30 bits per heavy atom. The average Bonchev–Trinajstić information content (AvgIpc) is 3.17. The zero-order valence-electron chi connectivity index (χ0n) is 13.5. The van der Waals surface area contributed by atoms with Crippen LogP contribution in [0.1, 0.15) is 32.8 Å². The van der Waals surface area contributed by atoms with Crippen molar-refractivity contribution >= 4 is 17.2 Å². The molecule has 0 bridgehead atoms. The normalized spacial score (nSPS) is 17.1. The second kappa shape index (κ2) is 7.29. The van der Waals surface area contributed by atoms with Crippen molar-refractivity contribution in [1.29, 1.82) is 0 Å². The van der Waals surface area contributed by atoms with E-state index in [0.717, 1.165) is 35.1 Å². The molecule has 1 aliphatic heterocycles. The summed E-state index contributed by atoms with van der Waals surface area (Å²) in [7, 11) is 0. The number of hydrogen-bond donors (Lipinski definition) is 1. The molecule has 3 heterocycles. The van der Waals surface area contributed by atoms with E-state index in [1.54, 1.807) is 0 Å². The van der Waals surface area contributed by atoms with Crippen LogP contribution in [0.2, 0.25) is 0 Å². The minimum Gasteiger partial charge on any atom is -0.465 e. The van der Waals surface area contributed by atoms with Gasteiger partial charge in [0.25, 0.3) is 5.91 Å². The molecule has 2 aromatic heterocycles. The molecule has 5 nitrogen and oxygen atoms in total. The van der Waals surface area contributed by atoms with E-state index in [1.807, 2.05) is 37.4 Å². The number of aryl methyl sites for hydroxylation is 2. The number of nitrogens with one attached hydrogen (secondary N) is 1. The van der Waals surface area contributed by atoms with Crippen molar-refractivity contribution in [2.24, 2.45) is 0 Å². The van der Waals surface area contributed by atoms with Crippen molar-refractivity contribution in [1.82, 2.24) is 10.2 Å². The van der Waals surface area contributed by atoms with E-state index in [1.165, 1.54) is 11.3 Å². The number of morpholine rings is 1. The van der Waals surface area contributed by atoms with Crippen molar-refractivity contribution in [3.8, 4) is 0 Å². The van der Waals surface area contributed by atoms with E-state index in [2.05, 4.69) is 10.2 Å². The topological polar surface area (TPSA) is 54.7 Å². The van der Waals surface area contributed by atoms with E-state index < -0.39 is 0 Å². The Labute approximate surface area is 140 Å². The van der Waals surface area contributed by atoms with Crippen LogP contribution < -0.4 is 5.32 Å². The lowest BCUT2D eigenvalue weighted by Gasteiger charge is -2.33. The highest BCUT2D eigenvalue weighted by molar-refractivity contribution is 7.12. The van der Waals surface area contributed by atoms with Gasteiger partial charge < -0.3 is 14.5 Å². The first kappa shape index (κ1) is 16.2. The molecular formula is C17H22N2O3S. The van der Waals surface area contributed by atoms with Gasteiger partial charge in [-0.1, -0.05) is 0 Å². The Morgan fingerprint density at radius 2 is 2.09 bits per heavy atom. The molecule has 23 heavy (non-hydrogen) atoms. The lowest BCUT2D eigenvalue weighted by atomic mass is 10.1. The second-order valence-electron chi connectivity index (χ2n) is 5.76. The Balaban J connectivity index is 1.71. The second-order valence-corrected chi connectivity index (χ2v) is 6.67. The minimum absolute atomic E-state index is 0.0148. The summed E-state index contributed by atoms with van der Waals surface area (Å²) in [5, 5.41) is 5.00. The summed E-state index contributed by atoms with van der Waals surface area (Å²) in [6, 6.07) is 5.97. The minimum atomic E-state index is -0.0148. The van der Waals surface area contributed by atoms with Gasteiger partial charge in [-0.2, -0.15) is 0 Å². The number of ether oxygens (including phenoxy) is 1. The summed E-state index contributed by atoms with van der Waals surface area (Å²) >= 11 is 1.48. The molecule has 1 atom stereocenters. The molecular weight excluding hydrogens is 312 g/mol.